The molecule has 16 heteroatoms. The molecule has 2 aromatic heterocycles. The van der Waals surface area contributed by atoms with Crippen LogP contribution in [0.3, 0.4) is 0 Å². The molecule has 314 valence electrons. The van der Waals surface area contributed by atoms with Crippen molar-refractivity contribution in [1.82, 2.24) is 19.6 Å². The second kappa shape index (κ2) is 18.1. The van der Waals surface area contributed by atoms with E-state index >= 15 is 0 Å². The number of hydrogen-bond acceptors (Lipinski definition) is 11. The molecule has 2 aliphatic heterocycles. The largest absolute Gasteiger partial charge is 0.455 e. The smallest absolute Gasteiger partial charge is 0.293 e. The average Bonchev–Trinajstić information content (AvgIpc) is 3.69. The average molecular weight is 846 g/mol. The first-order valence-corrected chi connectivity index (χ1v) is 22.1. The van der Waals surface area contributed by atoms with Gasteiger partial charge in [-0.2, -0.15) is 0 Å². The second-order valence-electron chi connectivity index (χ2n) is 16.4. The van der Waals surface area contributed by atoms with Crippen LogP contribution in [0.25, 0.3) is 11.0 Å². The fourth-order valence-corrected chi connectivity index (χ4v) is 9.30. The van der Waals surface area contributed by atoms with E-state index in [0.717, 1.165) is 94.0 Å². The van der Waals surface area contributed by atoms with Crippen LogP contribution in [0.15, 0.2) is 89.1 Å². The number of piperazine rings is 1. The highest BCUT2D eigenvalue weighted by Crippen LogP contribution is 2.42. The van der Waals surface area contributed by atoms with Gasteiger partial charge in [-0.25, -0.2) is 18.1 Å². The monoisotopic (exact) mass is 845 g/mol. The summed E-state index contributed by atoms with van der Waals surface area (Å²) < 4.78 is 41.1. The summed E-state index contributed by atoms with van der Waals surface area (Å²) in [6, 6.07) is 12.2. The zero-order valence-corrected chi connectivity index (χ0v) is 35.2. The molecule has 0 atom stereocenters. The van der Waals surface area contributed by atoms with Gasteiger partial charge < -0.3 is 24.7 Å². The number of anilines is 2. The van der Waals surface area contributed by atoms with Gasteiger partial charge in [-0.05, 0) is 91.8 Å². The second-order valence-corrected chi connectivity index (χ2v) is 18.5. The molecule has 2 fully saturated rings. The summed E-state index contributed by atoms with van der Waals surface area (Å²) in [7, 11) is -4.55. The van der Waals surface area contributed by atoms with Crippen LogP contribution in [-0.4, -0.2) is 92.5 Å². The van der Waals surface area contributed by atoms with Crippen molar-refractivity contribution in [2.75, 3.05) is 68.6 Å². The van der Waals surface area contributed by atoms with E-state index in [1.807, 2.05) is 6.07 Å². The number of allylic oxidation sites excluding steroid dienone is 2. The number of amides is 1. The van der Waals surface area contributed by atoms with Gasteiger partial charge >= 0.3 is 0 Å². The molecule has 0 radical (unpaired) electrons. The predicted molar refractivity (Wildman–Crippen MR) is 230 cm³/mol. The van der Waals surface area contributed by atoms with E-state index in [1.165, 1.54) is 29.5 Å². The Labute approximate surface area is 350 Å². The quantitative estimate of drug-likeness (QED) is 0.0601. The number of benzene rings is 2. The highest BCUT2D eigenvalue weighted by Gasteiger charge is 2.31. The van der Waals surface area contributed by atoms with E-state index in [4.69, 9.17) is 21.1 Å². The van der Waals surface area contributed by atoms with Crippen molar-refractivity contribution < 1.29 is 27.6 Å². The van der Waals surface area contributed by atoms with E-state index in [2.05, 4.69) is 50.2 Å². The highest BCUT2D eigenvalue weighted by atomic mass is 35.5. The zero-order chi connectivity index (χ0) is 41.7. The molecule has 0 saturated carbocycles. The first kappa shape index (κ1) is 42.2. The number of carbonyl (C=O) groups excluding carboxylic acids is 1. The van der Waals surface area contributed by atoms with Gasteiger partial charge in [0, 0.05) is 87.8 Å². The third kappa shape index (κ3) is 10.3. The van der Waals surface area contributed by atoms with Crippen LogP contribution < -0.4 is 19.7 Å². The lowest BCUT2D eigenvalue weighted by Gasteiger charge is -2.39. The third-order valence-corrected chi connectivity index (χ3v) is 13.1. The van der Waals surface area contributed by atoms with Crippen molar-refractivity contribution in [2.45, 2.75) is 57.3 Å². The lowest BCUT2D eigenvalue weighted by Crippen LogP contribution is -2.47. The molecule has 7 rings (SSSR count). The van der Waals surface area contributed by atoms with Gasteiger partial charge in [-0.15, -0.1) is 11.6 Å². The summed E-state index contributed by atoms with van der Waals surface area (Å²) in [5.41, 5.74) is 5.43. The molecular formula is C43H52ClN7O7S. The Hall–Kier alpha value is -4.96. The van der Waals surface area contributed by atoms with Crippen molar-refractivity contribution in [1.29, 1.82) is 0 Å². The summed E-state index contributed by atoms with van der Waals surface area (Å²) >= 11 is 6.12. The van der Waals surface area contributed by atoms with Crippen LogP contribution in [0.4, 0.5) is 17.1 Å². The Morgan fingerprint density at radius 1 is 1.12 bits per heavy atom. The van der Waals surface area contributed by atoms with E-state index in [1.54, 1.807) is 30.5 Å². The number of sulfonamides is 1. The van der Waals surface area contributed by atoms with Crippen molar-refractivity contribution >= 4 is 55.6 Å². The number of nitro groups is 1. The number of rotatable bonds is 15. The number of fused-ring (bicyclic) bond motifs is 1. The lowest BCUT2D eigenvalue weighted by molar-refractivity contribution is -0.384. The van der Waals surface area contributed by atoms with Gasteiger partial charge in [-0.1, -0.05) is 31.6 Å². The molecule has 1 amide bonds. The van der Waals surface area contributed by atoms with Gasteiger partial charge in [0.05, 0.1) is 21.6 Å². The number of pyridine rings is 1. The molecule has 2 saturated heterocycles. The van der Waals surface area contributed by atoms with Gasteiger partial charge in [-0.3, -0.25) is 19.8 Å². The maximum atomic E-state index is 13.9. The van der Waals surface area contributed by atoms with E-state index in [-0.39, 0.29) is 28.3 Å². The number of H-pyrrole nitrogens is 1. The van der Waals surface area contributed by atoms with Gasteiger partial charge in [0.25, 0.3) is 21.6 Å². The zero-order valence-electron chi connectivity index (χ0n) is 33.6. The van der Waals surface area contributed by atoms with Crippen LogP contribution in [0.5, 0.6) is 11.5 Å². The summed E-state index contributed by atoms with van der Waals surface area (Å²) in [6.07, 6.45) is 8.91. The van der Waals surface area contributed by atoms with E-state index in [0.29, 0.717) is 37.0 Å². The van der Waals surface area contributed by atoms with Crippen LogP contribution in [-0.2, 0) is 14.8 Å². The Bertz CT molecular complexity index is 2350. The lowest BCUT2D eigenvalue weighted by atomic mass is 9.72. The number of nitrogens with zero attached hydrogens (tertiary/aromatic N) is 4. The van der Waals surface area contributed by atoms with Crippen molar-refractivity contribution in [3.8, 4) is 11.5 Å². The molecule has 3 N–H and O–H groups in total. The fourth-order valence-electron chi connectivity index (χ4n) is 8.08. The van der Waals surface area contributed by atoms with Gasteiger partial charge in [0.2, 0.25) is 0 Å². The molecule has 4 heterocycles. The third-order valence-electron chi connectivity index (χ3n) is 11.6. The summed E-state index contributed by atoms with van der Waals surface area (Å²) in [5.74, 6) is 0.364. The molecular weight excluding hydrogens is 794 g/mol. The molecule has 0 bridgehead atoms. The number of halogens is 1. The van der Waals surface area contributed by atoms with Crippen molar-refractivity contribution in [2.24, 2.45) is 11.3 Å². The Morgan fingerprint density at radius 3 is 2.64 bits per heavy atom. The standard InChI is InChI=1S/C43H52ClN7O7S/c1-29(9-14-44)37-25-43(2,3)13-8-32(37)28-49-16-18-50(19-17-49)33-4-6-36(40(23-33)58-34-22-31-10-15-45-41(31)47-27-34)42(52)48-59(55,56)35-5-7-38(39(24-35)51(53)54)46-26-30-11-20-57-21-12-30/h4-7,10,15,22-24,27,30,46H,1,8-9,11-14,16-21,25-26,28H2,2-3H3,(H,45,47)(H,48,52). The predicted octanol–water partition coefficient (Wildman–Crippen LogP) is 8.03. The molecule has 0 unspecified atom stereocenters. The topological polar surface area (TPSA) is 172 Å². The number of alkyl halides is 1. The Balaban J connectivity index is 1.09. The maximum Gasteiger partial charge on any atom is 0.293 e. The first-order valence-electron chi connectivity index (χ1n) is 20.1. The Morgan fingerprint density at radius 2 is 1.90 bits per heavy atom. The SMILES string of the molecule is C=C(CCCl)C1=C(CN2CCN(c3ccc(C(=O)NS(=O)(=O)c4ccc(NCC5CCOCC5)c([N+](=O)[O-])c4)c(Oc4cnc5[nH]ccc5c4)c3)CC2)CCC(C)(C)C1. The molecule has 59 heavy (non-hydrogen) atoms. The molecule has 1 aliphatic carbocycles. The summed E-state index contributed by atoms with van der Waals surface area (Å²) in [4.78, 5) is 37.0. The Kier molecular flexibility index (Phi) is 13.0. The normalized spacial score (nSPS) is 17.8. The number of nitrogens with one attached hydrogen (secondary N) is 3. The number of aromatic nitrogens is 2. The number of hydrogen-bond donors (Lipinski definition) is 3. The first-order chi connectivity index (χ1) is 28.3. The minimum Gasteiger partial charge on any atom is -0.455 e. The summed E-state index contributed by atoms with van der Waals surface area (Å²) in [6.45, 7) is 14.7. The van der Waals surface area contributed by atoms with Crippen LogP contribution in [0.1, 0.15) is 62.7 Å². The minimum absolute atomic E-state index is 0.0359. The van der Waals surface area contributed by atoms with Crippen LogP contribution in [0.2, 0.25) is 0 Å². The highest BCUT2D eigenvalue weighted by molar-refractivity contribution is 7.90. The van der Waals surface area contributed by atoms with Crippen LogP contribution in [0, 0.1) is 21.4 Å². The van der Waals surface area contributed by atoms with Gasteiger partial charge in [0.15, 0.2) is 0 Å². The van der Waals surface area contributed by atoms with Crippen molar-refractivity contribution in [3.63, 3.8) is 0 Å². The van der Waals surface area contributed by atoms with E-state index in [9.17, 15) is 23.3 Å². The minimum atomic E-state index is -4.55. The van der Waals surface area contributed by atoms with Crippen LogP contribution >= 0.6 is 11.6 Å². The molecule has 14 nitrogen and oxygen atoms in total. The van der Waals surface area contributed by atoms with E-state index < -0.39 is 31.4 Å². The number of nitro benzene ring substituents is 1. The maximum absolute atomic E-state index is 13.9. The number of aromatic amines is 1. The van der Waals surface area contributed by atoms with Crippen molar-refractivity contribution in [3.05, 3.63) is 99.9 Å². The van der Waals surface area contributed by atoms with Gasteiger partial charge in [0.1, 0.15) is 22.8 Å². The molecule has 0 spiro atoms. The molecule has 3 aliphatic rings. The summed E-state index contributed by atoms with van der Waals surface area (Å²) in [5, 5.41) is 15.9. The number of ether oxygens (including phenoxy) is 2. The number of carbonyl (C=O) groups is 1. The molecule has 2 aromatic carbocycles. The fraction of sp³-hybridized carbons (Fsp3) is 0.442. The molecule has 4 aromatic rings.